The number of hydrogen-bond donors (Lipinski definition) is 1. The molecule has 110 valence electrons. The monoisotopic (exact) mass is 300 g/mol. The molecule has 1 N–H and O–H groups in total. The summed E-state index contributed by atoms with van der Waals surface area (Å²) in [6.45, 7) is 5.14. The molecule has 5 heteroatoms. The Morgan fingerprint density at radius 3 is 2.90 bits per heavy atom. The molecule has 0 bridgehead atoms. The third kappa shape index (κ3) is 2.99. The third-order valence-electron chi connectivity index (χ3n) is 3.61. The van der Waals surface area contributed by atoms with E-state index >= 15 is 0 Å². The minimum Gasteiger partial charge on any atom is -0.304 e. The van der Waals surface area contributed by atoms with Crippen molar-refractivity contribution >= 4 is 21.6 Å². The Morgan fingerprint density at radius 1 is 1.33 bits per heavy atom. The molecule has 3 rings (SSSR count). The Labute approximate surface area is 128 Å². The van der Waals surface area contributed by atoms with Crippen LogP contribution in [-0.2, 0) is 20.0 Å². The first-order valence-electron chi connectivity index (χ1n) is 7.27. The van der Waals surface area contributed by atoms with E-state index in [-0.39, 0.29) is 6.04 Å². The van der Waals surface area contributed by atoms with Crippen molar-refractivity contribution in [2.75, 3.05) is 0 Å². The molecule has 0 radical (unpaired) electrons. The summed E-state index contributed by atoms with van der Waals surface area (Å²) in [5.41, 5.74) is 3.52. The zero-order valence-corrected chi connectivity index (χ0v) is 13.4. The van der Waals surface area contributed by atoms with Crippen molar-refractivity contribution in [1.82, 2.24) is 20.1 Å². The molecular weight excluding hydrogens is 280 g/mol. The van der Waals surface area contributed by atoms with Gasteiger partial charge >= 0.3 is 0 Å². The highest BCUT2D eigenvalue weighted by Gasteiger charge is 2.12. The van der Waals surface area contributed by atoms with Gasteiger partial charge in [-0.15, -0.1) is 11.3 Å². The smallest absolute Gasteiger partial charge is 0.111 e. The Kier molecular flexibility index (Phi) is 4.03. The van der Waals surface area contributed by atoms with Crippen molar-refractivity contribution in [1.29, 1.82) is 0 Å². The molecule has 2 heterocycles. The molecule has 0 spiro atoms. The van der Waals surface area contributed by atoms with Gasteiger partial charge in [0.05, 0.1) is 22.0 Å². The summed E-state index contributed by atoms with van der Waals surface area (Å²) in [5, 5.41) is 9.17. The van der Waals surface area contributed by atoms with E-state index in [0.29, 0.717) is 0 Å². The molecule has 1 aromatic carbocycles. The number of para-hydroxylation sites is 1. The van der Waals surface area contributed by atoms with Gasteiger partial charge in [-0.3, -0.25) is 4.68 Å². The maximum atomic E-state index is 4.71. The second-order valence-corrected chi connectivity index (χ2v) is 6.31. The number of fused-ring (bicyclic) bond motifs is 1. The minimum absolute atomic E-state index is 0.243. The van der Waals surface area contributed by atoms with Gasteiger partial charge in [0.25, 0.3) is 0 Å². The lowest BCUT2D eigenvalue weighted by Gasteiger charge is -2.10. The lowest BCUT2D eigenvalue weighted by Crippen LogP contribution is -2.18. The molecule has 0 aliphatic carbocycles. The molecule has 0 fully saturated rings. The van der Waals surface area contributed by atoms with Crippen molar-refractivity contribution in [2.24, 2.45) is 7.05 Å². The zero-order chi connectivity index (χ0) is 14.8. The fourth-order valence-electron chi connectivity index (χ4n) is 2.45. The standard InChI is InChI=1S/C16H20N4S/c1-4-13-12(10-20(3)19-13)9-17-11(2)16-18-14-7-5-6-8-15(14)21-16/h5-8,10-11,17H,4,9H2,1-3H3. The molecule has 0 amide bonds. The van der Waals surface area contributed by atoms with Crippen LogP contribution >= 0.6 is 11.3 Å². The number of thiazole rings is 1. The maximum Gasteiger partial charge on any atom is 0.111 e. The lowest BCUT2D eigenvalue weighted by atomic mass is 10.2. The Bertz CT molecular complexity index is 711. The van der Waals surface area contributed by atoms with Gasteiger partial charge in [0, 0.05) is 25.4 Å². The Hall–Kier alpha value is -1.72. The molecule has 2 aromatic heterocycles. The third-order valence-corrected chi connectivity index (χ3v) is 4.83. The van der Waals surface area contributed by atoms with E-state index in [1.54, 1.807) is 11.3 Å². The van der Waals surface area contributed by atoms with Gasteiger partial charge in [-0.05, 0) is 25.5 Å². The average Bonchev–Trinajstić information content (AvgIpc) is 3.07. The van der Waals surface area contributed by atoms with Gasteiger partial charge in [-0.1, -0.05) is 19.1 Å². The summed E-state index contributed by atoms with van der Waals surface area (Å²) in [6.07, 6.45) is 3.06. The van der Waals surface area contributed by atoms with Crippen molar-refractivity contribution in [3.63, 3.8) is 0 Å². The van der Waals surface area contributed by atoms with E-state index in [9.17, 15) is 0 Å². The number of aromatic nitrogens is 3. The predicted molar refractivity (Wildman–Crippen MR) is 87.5 cm³/mol. The van der Waals surface area contributed by atoms with Crippen LogP contribution in [0.3, 0.4) is 0 Å². The van der Waals surface area contributed by atoms with Crippen LogP contribution in [0.25, 0.3) is 10.2 Å². The highest BCUT2D eigenvalue weighted by atomic mass is 32.1. The van der Waals surface area contributed by atoms with E-state index in [1.807, 2.05) is 17.8 Å². The van der Waals surface area contributed by atoms with Gasteiger partial charge in [0.15, 0.2) is 0 Å². The van der Waals surface area contributed by atoms with Crippen molar-refractivity contribution in [2.45, 2.75) is 32.9 Å². The first-order valence-corrected chi connectivity index (χ1v) is 8.09. The van der Waals surface area contributed by atoms with Crippen LogP contribution in [0.4, 0.5) is 0 Å². The summed E-state index contributed by atoms with van der Waals surface area (Å²) in [4.78, 5) is 4.71. The van der Waals surface area contributed by atoms with E-state index in [4.69, 9.17) is 4.98 Å². The normalized spacial score (nSPS) is 12.9. The maximum absolute atomic E-state index is 4.71. The molecule has 0 saturated heterocycles. The van der Waals surface area contributed by atoms with E-state index in [0.717, 1.165) is 23.5 Å². The fourth-order valence-corrected chi connectivity index (χ4v) is 3.45. The summed E-state index contributed by atoms with van der Waals surface area (Å²) in [6, 6.07) is 8.53. The van der Waals surface area contributed by atoms with Crippen LogP contribution < -0.4 is 5.32 Å². The molecule has 21 heavy (non-hydrogen) atoms. The average molecular weight is 300 g/mol. The van der Waals surface area contributed by atoms with E-state index < -0.39 is 0 Å². The molecular formula is C16H20N4S. The summed E-state index contributed by atoms with van der Waals surface area (Å²) in [5.74, 6) is 0. The number of rotatable bonds is 5. The van der Waals surface area contributed by atoms with Gasteiger partial charge in [-0.2, -0.15) is 5.10 Å². The molecule has 1 unspecified atom stereocenters. The summed E-state index contributed by atoms with van der Waals surface area (Å²) in [7, 11) is 1.97. The first kappa shape index (κ1) is 14.2. The topological polar surface area (TPSA) is 42.7 Å². The van der Waals surface area contributed by atoms with Gasteiger partial charge in [0.2, 0.25) is 0 Å². The predicted octanol–water partition coefficient (Wildman–Crippen LogP) is 3.44. The Morgan fingerprint density at radius 2 is 2.14 bits per heavy atom. The number of aryl methyl sites for hydroxylation is 2. The number of hydrogen-bond acceptors (Lipinski definition) is 4. The minimum atomic E-state index is 0.243. The largest absolute Gasteiger partial charge is 0.304 e. The molecule has 1 atom stereocenters. The lowest BCUT2D eigenvalue weighted by molar-refractivity contribution is 0.570. The van der Waals surface area contributed by atoms with Crippen LogP contribution in [-0.4, -0.2) is 14.8 Å². The van der Waals surface area contributed by atoms with Crippen molar-refractivity contribution in [3.05, 3.63) is 46.7 Å². The molecule has 0 aliphatic heterocycles. The Balaban J connectivity index is 1.72. The molecule has 0 aliphatic rings. The first-order chi connectivity index (χ1) is 10.2. The van der Waals surface area contributed by atoms with Crippen molar-refractivity contribution in [3.8, 4) is 0 Å². The van der Waals surface area contributed by atoms with E-state index in [1.165, 1.54) is 16.0 Å². The van der Waals surface area contributed by atoms with Gasteiger partial charge < -0.3 is 5.32 Å². The number of benzene rings is 1. The highest BCUT2D eigenvalue weighted by Crippen LogP contribution is 2.26. The SMILES string of the molecule is CCc1nn(C)cc1CNC(C)c1nc2ccccc2s1. The summed E-state index contributed by atoms with van der Waals surface area (Å²) >= 11 is 1.76. The fraction of sp³-hybridized carbons (Fsp3) is 0.375. The zero-order valence-electron chi connectivity index (χ0n) is 12.6. The van der Waals surface area contributed by atoms with Crippen LogP contribution in [0.2, 0.25) is 0 Å². The van der Waals surface area contributed by atoms with Crippen LogP contribution in [0, 0.1) is 0 Å². The van der Waals surface area contributed by atoms with Gasteiger partial charge in [-0.25, -0.2) is 4.98 Å². The number of nitrogens with one attached hydrogen (secondary N) is 1. The van der Waals surface area contributed by atoms with Crippen LogP contribution in [0.5, 0.6) is 0 Å². The van der Waals surface area contributed by atoms with Gasteiger partial charge in [0.1, 0.15) is 5.01 Å². The van der Waals surface area contributed by atoms with Crippen molar-refractivity contribution < 1.29 is 0 Å². The van der Waals surface area contributed by atoms with Crippen LogP contribution in [0.15, 0.2) is 30.5 Å². The summed E-state index contributed by atoms with van der Waals surface area (Å²) < 4.78 is 3.13. The second-order valence-electron chi connectivity index (χ2n) is 5.25. The van der Waals surface area contributed by atoms with E-state index in [2.05, 4.69) is 48.7 Å². The number of nitrogens with zero attached hydrogens (tertiary/aromatic N) is 3. The van der Waals surface area contributed by atoms with Crippen LogP contribution in [0.1, 0.15) is 36.2 Å². The second kappa shape index (κ2) is 5.95. The highest BCUT2D eigenvalue weighted by molar-refractivity contribution is 7.18. The molecule has 4 nitrogen and oxygen atoms in total. The molecule has 3 aromatic rings. The quantitative estimate of drug-likeness (QED) is 0.785. The molecule has 0 saturated carbocycles.